The van der Waals surface area contributed by atoms with E-state index in [1.165, 1.54) is 24.5 Å². The molecule has 0 aliphatic heterocycles. The molecule has 0 bridgehead atoms. The first-order chi connectivity index (χ1) is 17.9. The number of hydrogen-bond donors (Lipinski definition) is 2. The van der Waals surface area contributed by atoms with E-state index in [9.17, 15) is 13.6 Å². The molecule has 9 nitrogen and oxygen atoms in total. The Morgan fingerprint density at radius 3 is 2.81 bits per heavy atom. The first-order valence-electron chi connectivity index (χ1n) is 11.2. The number of benzene rings is 2. The Morgan fingerprint density at radius 1 is 1.22 bits per heavy atom. The largest absolute Gasteiger partial charge is 0.476 e. The number of carbonyl (C=O) groups is 1. The van der Waals surface area contributed by atoms with Crippen LogP contribution in [0.5, 0.6) is 5.75 Å². The summed E-state index contributed by atoms with van der Waals surface area (Å²) in [7, 11) is 0. The summed E-state index contributed by atoms with van der Waals surface area (Å²) in [4.78, 5) is 21.0. The van der Waals surface area contributed by atoms with Gasteiger partial charge in [-0.25, -0.2) is 14.4 Å². The number of halogens is 3. The SMILES string of the molecule is CCOCCNC(=O)c1ccc(Nc2nccn3c(-c4ccc(OCC#N)c(F)c4F)cnc23)cc1Cl. The van der Waals surface area contributed by atoms with E-state index >= 15 is 0 Å². The molecule has 1 amide bonds. The molecule has 0 unspecified atom stereocenters. The van der Waals surface area contributed by atoms with Crippen molar-refractivity contribution < 1.29 is 23.0 Å². The van der Waals surface area contributed by atoms with Crippen molar-refractivity contribution in [3.05, 3.63) is 71.1 Å². The van der Waals surface area contributed by atoms with Crippen LogP contribution in [0.4, 0.5) is 20.3 Å². The van der Waals surface area contributed by atoms with E-state index in [4.69, 9.17) is 26.3 Å². The van der Waals surface area contributed by atoms with Gasteiger partial charge in [-0.2, -0.15) is 9.65 Å². The molecule has 2 aromatic carbocycles. The number of nitrogens with one attached hydrogen (secondary N) is 2. The summed E-state index contributed by atoms with van der Waals surface area (Å²) >= 11 is 6.33. The number of nitriles is 1. The molecule has 12 heteroatoms. The zero-order valence-electron chi connectivity index (χ0n) is 19.6. The highest BCUT2D eigenvalue weighted by Crippen LogP contribution is 2.32. The van der Waals surface area contributed by atoms with Gasteiger partial charge in [0.2, 0.25) is 5.82 Å². The molecule has 190 valence electrons. The maximum absolute atomic E-state index is 14.8. The maximum Gasteiger partial charge on any atom is 0.252 e. The predicted octanol–water partition coefficient (Wildman–Crippen LogP) is 4.74. The molecule has 0 aliphatic rings. The van der Waals surface area contributed by atoms with E-state index in [0.717, 1.165) is 0 Å². The summed E-state index contributed by atoms with van der Waals surface area (Å²) in [5.41, 5.74) is 1.42. The molecule has 2 aromatic heterocycles. The highest BCUT2D eigenvalue weighted by Gasteiger charge is 2.20. The zero-order chi connectivity index (χ0) is 26.4. The van der Waals surface area contributed by atoms with E-state index < -0.39 is 18.2 Å². The van der Waals surface area contributed by atoms with Crippen molar-refractivity contribution in [2.45, 2.75) is 6.92 Å². The van der Waals surface area contributed by atoms with Crippen molar-refractivity contribution in [2.24, 2.45) is 0 Å². The second-order valence-electron chi connectivity index (χ2n) is 7.57. The van der Waals surface area contributed by atoms with Gasteiger partial charge in [-0.15, -0.1) is 0 Å². The molecule has 2 N–H and O–H groups in total. The molecule has 0 fully saturated rings. The van der Waals surface area contributed by atoms with Gasteiger partial charge in [0.25, 0.3) is 5.91 Å². The summed E-state index contributed by atoms with van der Waals surface area (Å²) < 4.78 is 41.0. The van der Waals surface area contributed by atoms with Crippen molar-refractivity contribution in [3.63, 3.8) is 0 Å². The fraction of sp³-hybridized carbons (Fsp3) is 0.200. The summed E-state index contributed by atoms with van der Waals surface area (Å²) in [6, 6.07) is 9.11. The zero-order valence-corrected chi connectivity index (χ0v) is 20.4. The molecule has 4 rings (SSSR count). The molecule has 0 aliphatic carbocycles. The van der Waals surface area contributed by atoms with Crippen LogP contribution < -0.4 is 15.4 Å². The summed E-state index contributed by atoms with van der Waals surface area (Å²) in [6.45, 7) is 2.78. The van der Waals surface area contributed by atoms with E-state index in [0.29, 0.717) is 42.5 Å². The number of fused-ring (bicyclic) bond motifs is 1. The molecule has 0 radical (unpaired) electrons. The van der Waals surface area contributed by atoms with Crippen LogP contribution in [-0.4, -0.2) is 46.6 Å². The average Bonchev–Trinajstić information content (AvgIpc) is 3.32. The van der Waals surface area contributed by atoms with Crippen LogP contribution >= 0.6 is 11.6 Å². The third-order valence-corrected chi connectivity index (χ3v) is 5.57. The monoisotopic (exact) mass is 526 g/mol. The lowest BCUT2D eigenvalue weighted by Gasteiger charge is -2.11. The number of carbonyl (C=O) groups excluding carboxylic acids is 1. The van der Waals surface area contributed by atoms with Crippen molar-refractivity contribution in [1.82, 2.24) is 19.7 Å². The number of aromatic nitrogens is 3. The molecular weight excluding hydrogens is 506 g/mol. The van der Waals surface area contributed by atoms with Crippen molar-refractivity contribution in [2.75, 3.05) is 31.7 Å². The topological polar surface area (TPSA) is 114 Å². The first-order valence-corrected chi connectivity index (χ1v) is 11.5. The van der Waals surface area contributed by atoms with Crippen molar-refractivity contribution >= 4 is 34.7 Å². The molecule has 2 heterocycles. The van der Waals surface area contributed by atoms with Crippen LogP contribution in [0.15, 0.2) is 48.9 Å². The summed E-state index contributed by atoms with van der Waals surface area (Å²) in [5, 5.41) is 14.6. The van der Waals surface area contributed by atoms with Gasteiger partial charge in [0, 0.05) is 36.8 Å². The number of nitrogens with zero attached hydrogens (tertiary/aromatic N) is 4. The standard InChI is InChI=1S/C25H21ClF2N6O3/c1-2-36-12-9-31-25(35)16-4-3-15(13-18(16)26)33-23-24-32-14-19(34(24)10-8-30-23)17-5-6-20(37-11-7-29)22(28)21(17)27/h3-6,8,10,13-14H,2,9,11-12H2,1H3,(H,30,33)(H,31,35). The normalized spacial score (nSPS) is 10.8. The molecule has 0 atom stereocenters. The number of anilines is 2. The molecular formula is C25H21ClF2N6O3. The fourth-order valence-electron chi connectivity index (χ4n) is 3.55. The fourth-order valence-corrected chi connectivity index (χ4v) is 3.81. The summed E-state index contributed by atoms with van der Waals surface area (Å²) in [6.07, 6.45) is 4.42. The Morgan fingerprint density at radius 2 is 2.05 bits per heavy atom. The highest BCUT2D eigenvalue weighted by atomic mass is 35.5. The van der Waals surface area contributed by atoms with Gasteiger partial charge in [0.05, 0.1) is 29.1 Å². The Hall–Kier alpha value is -4.27. The third kappa shape index (κ3) is 5.61. The highest BCUT2D eigenvalue weighted by molar-refractivity contribution is 6.34. The van der Waals surface area contributed by atoms with Gasteiger partial charge in [-0.1, -0.05) is 11.6 Å². The van der Waals surface area contributed by atoms with Crippen LogP contribution in [0.2, 0.25) is 5.02 Å². The predicted molar refractivity (Wildman–Crippen MR) is 133 cm³/mol. The number of imidazole rings is 1. The molecule has 37 heavy (non-hydrogen) atoms. The quantitative estimate of drug-likeness (QED) is 0.287. The molecule has 4 aromatic rings. The number of amides is 1. The second kappa shape index (κ2) is 11.6. The van der Waals surface area contributed by atoms with Crippen LogP contribution in [0.3, 0.4) is 0 Å². The minimum atomic E-state index is -1.20. The van der Waals surface area contributed by atoms with E-state index in [-0.39, 0.29) is 27.9 Å². The molecule has 0 saturated heterocycles. The van der Waals surface area contributed by atoms with Crippen LogP contribution in [0.1, 0.15) is 17.3 Å². The van der Waals surface area contributed by atoms with E-state index in [1.807, 2.05) is 6.92 Å². The van der Waals surface area contributed by atoms with Gasteiger partial charge >= 0.3 is 0 Å². The average molecular weight is 527 g/mol. The molecule has 0 spiro atoms. The first kappa shape index (κ1) is 25.8. The Bertz CT molecular complexity index is 1490. The number of ether oxygens (including phenoxy) is 2. The second-order valence-corrected chi connectivity index (χ2v) is 7.98. The van der Waals surface area contributed by atoms with Gasteiger partial charge in [0.1, 0.15) is 6.07 Å². The number of hydrogen-bond acceptors (Lipinski definition) is 7. The lowest BCUT2D eigenvalue weighted by molar-refractivity contribution is 0.0922. The Labute approximate surface area is 215 Å². The molecule has 0 saturated carbocycles. The number of rotatable bonds is 10. The lowest BCUT2D eigenvalue weighted by atomic mass is 10.1. The van der Waals surface area contributed by atoms with Crippen molar-refractivity contribution in [1.29, 1.82) is 5.26 Å². The third-order valence-electron chi connectivity index (χ3n) is 5.26. The van der Waals surface area contributed by atoms with E-state index in [2.05, 4.69) is 20.6 Å². The minimum absolute atomic E-state index is 0.0470. The Balaban J connectivity index is 1.57. The maximum atomic E-state index is 14.8. The van der Waals surface area contributed by atoms with Crippen LogP contribution in [-0.2, 0) is 4.74 Å². The van der Waals surface area contributed by atoms with Crippen molar-refractivity contribution in [3.8, 4) is 23.1 Å². The van der Waals surface area contributed by atoms with E-state index in [1.54, 1.807) is 34.9 Å². The Kier molecular flexibility index (Phi) is 8.12. The minimum Gasteiger partial charge on any atom is -0.476 e. The lowest BCUT2D eigenvalue weighted by Crippen LogP contribution is -2.27. The van der Waals surface area contributed by atoms with Gasteiger partial charge in [-0.05, 0) is 37.3 Å². The van der Waals surface area contributed by atoms with Crippen LogP contribution in [0, 0.1) is 23.0 Å². The van der Waals surface area contributed by atoms with Gasteiger partial charge in [0.15, 0.2) is 29.6 Å². The van der Waals surface area contributed by atoms with Gasteiger partial charge < -0.3 is 20.1 Å². The van der Waals surface area contributed by atoms with Gasteiger partial charge in [-0.3, -0.25) is 9.20 Å². The summed E-state index contributed by atoms with van der Waals surface area (Å²) in [5.74, 6) is -2.69. The smallest absolute Gasteiger partial charge is 0.252 e. The van der Waals surface area contributed by atoms with Crippen LogP contribution in [0.25, 0.3) is 16.9 Å².